The lowest BCUT2D eigenvalue weighted by molar-refractivity contribution is -0.158. The van der Waals surface area contributed by atoms with Crippen LogP contribution in [0.15, 0.2) is 58.4 Å². The van der Waals surface area contributed by atoms with E-state index in [2.05, 4.69) is 4.99 Å². The van der Waals surface area contributed by atoms with Gasteiger partial charge >= 0.3 is 5.97 Å². The van der Waals surface area contributed by atoms with Gasteiger partial charge in [-0.1, -0.05) is 11.6 Å². The van der Waals surface area contributed by atoms with Gasteiger partial charge in [0.15, 0.2) is 0 Å². The number of carboxylic acid groups (broad SMARTS) is 1. The van der Waals surface area contributed by atoms with E-state index in [1.807, 2.05) is 0 Å². The molecule has 0 radical (unpaired) electrons. The van der Waals surface area contributed by atoms with Crippen LogP contribution < -0.4 is 10.0 Å². The molecule has 0 fully saturated rings. The Labute approximate surface area is 160 Å². The van der Waals surface area contributed by atoms with Gasteiger partial charge in [-0.25, -0.2) is 23.3 Å². The molecule has 0 saturated carbocycles. The number of hydrogen-bond acceptors (Lipinski definition) is 6. The molecule has 8 nitrogen and oxygen atoms in total. The number of benzene rings is 2. The van der Waals surface area contributed by atoms with Gasteiger partial charge in [0.25, 0.3) is 5.72 Å². The molecule has 2 aromatic carbocycles. The monoisotopic (exact) mass is 409 g/mol. The Hall–Kier alpha value is -2.46. The zero-order valence-corrected chi connectivity index (χ0v) is 15.6. The third-order valence-electron chi connectivity index (χ3n) is 4.34. The third-order valence-corrected chi connectivity index (χ3v) is 5.52. The van der Waals surface area contributed by atoms with Gasteiger partial charge in [0.1, 0.15) is 5.84 Å². The fourth-order valence-electron chi connectivity index (χ4n) is 2.84. The first kappa shape index (κ1) is 19.3. The number of amidine groups is 1. The number of anilines is 1. The summed E-state index contributed by atoms with van der Waals surface area (Å²) in [5.74, 6) is -1.32. The van der Waals surface area contributed by atoms with Gasteiger partial charge in [-0.05, 0) is 55.5 Å². The quantitative estimate of drug-likeness (QED) is 0.699. The molecule has 3 rings (SSSR count). The number of carbonyl (C=O) groups is 1. The number of carboxylic acids is 1. The van der Waals surface area contributed by atoms with Gasteiger partial charge in [-0.2, -0.15) is 0 Å². The fraction of sp³-hybridized carbons (Fsp3) is 0.176. The number of halogens is 1. The fourth-order valence-corrected chi connectivity index (χ4v) is 3.49. The maximum atomic E-state index is 11.6. The zero-order valence-electron chi connectivity index (χ0n) is 14.1. The number of rotatable bonds is 4. The summed E-state index contributed by atoms with van der Waals surface area (Å²) in [5, 5.41) is 25.6. The lowest BCUT2D eigenvalue weighted by Crippen LogP contribution is -2.50. The summed E-state index contributed by atoms with van der Waals surface area (Å²) in [6, 6.07) is 11.1. The summed E-state index contributed by atoms with van der Waals surface area (Å²) in [7, 11) is -3.87. The first-order chi connectivity index (χ1) is 12.5. The Morgan fingerprint density at radius 3 is 2.22 bits per heavy atom. The highest BCUT2D eigenvalue weighted by atomic mass is 35.5. The number of aliphatic imine (C=N–C) groups is 1. The van der Waals surface area contributed by atoms with Gasteiger partial charge in [-0.3, -0.25) is 0 Å². The Morgan fingerprint density at radius 2 is 1.74 bits per heavy atom. The van der Waals surface area contributed by atoms with Crippen molar-refractivity contribution in [1.29, 1.82) is 0 Å². The molecular formula is C17H16ClN3O5S. The maximum absolute atomic E-state index is 11.6. The van der Waals surface area contributed by atoms with E-state index in [0.29, 0.717) is 16.3 Å². The van der Waals surface area contributed by atoms with Gasteiger partial charge in [0, 0.05) is 16.3 Å². The second kappa shape index (κ2) is 6.61. The second-order valence-electron chi connectivity index (χ2n) is 6.06. The molecule has 2 atom stereocenters. The molecule has 0 spiro atoms. The molecular weight excluding hydrogens is 394 g/mol. The van der Waals surface area contributed by atoms with Crippen LogP contribution in [0.4, 0.5) is 5.69 Å². The lowest BCUT2D eigenvalue weighted by atomic mass is 10.1. The molecule has 2 unspecified atom stereocenters. The van der Waals surface area contributed by atoms with Crippen molar-refractivity contribution in [2.45, 2.75) is 23.6 Å². The maximum Gasteiger partial charge on any atom is 0.361 e. The number of nitrogens with two attached hydrogens (primary N) is 1. The molecule has 1 aliphatic heterocycles. The van der Waals surface area contributed by atoms with E-state index in [1.54, 1.807) is 29.2 Å². The van der Waals surface area contributed by atoms with Gasteiger partial charge in [-0.15, -0.1) is 0 Å². The van der Waals surface area contributed by atoms with Gasteiger partial charge < -0.3 is 15.1 Å². The summed E-state index contributed by atoms with van der Waals surface area (Å²) in [6.07, 6.45) is 0. The molecule has 2 aromatic rings. The number of aliphatic hydroxyl groups is 1. The van der Waals surface area contributed by atoms with Crippen molar-refractivity contribution in [3.05, 3.63) is 59.1 Å². The first-order valence-electron chi connectivity index (χ1n) is 7.77. The van der Waals surface area contributed by atoms with Crippen LogP contribution in [0.25, 0.3) is 0 Å². The van der Waals surface area contributed by atoms with E-state index in [9.17, 15) is 23.4 Å². The SMILES string of the molecule is CC1N(c2ccc(Cl)cc2)C(c2ccc(S(N)(=O)=O)cc2)=NC1(O)C(=O)O. The third kappa shape index (κ3) is 3.42. The summed E-state index contributed by atoms with van der Waals surface area (Å²) >= 11 is 5.91. The predicted molar refractivity (Wildman–Crippen MR) is 100 cm³/mol. The summed E-state index contributed by atoms with van der Waals surface area (Å²) < 4.78 is 22.9. The average Bonchev–Trinajstić information content (AvgIpc) is 2.88. The topological polar surface area (TPSA) is 133 Å². The highest BCUT2D eigenvalue weighted by molar-refractivity contribution is 7.89. The smallest absolute Gasteiger partial charge is 0.361 e. The zero-order chi connectivity index (χ0) is 20.0. The van der Waals surface area contributed by atoms with Crippen LogP contribution in [-0.2, 0) is 14.8 Å². The molecule has 0 aliphatic carbocycles. The summed E-state index contributed by atoms with van der Waals surface area (Å²) in [4.78, 5) is 17.1. The summed E-state index contributed by atoms with van der Waals surface area (Å²) in [6.45, 7) is 1.53. The minimum absolute atomic E-state index is 0.0931. The van der Waals surface area contributed by atoms with Crippen LogP contribution in [0.5, 0.6) is 0 Å². The number of sulfonamides is 1. The number of hydrogen-bond donors (Lipinski definition) is 3. The molecule has 0 amide bonds. The normalized spacial score (nSPS) is 22.6. The highest BCUT2D eigenvalue weighted by Crippen LogP contribution is 2.34. The molecule has 1 heterocycles. The Bertz CT molecular complexity index is 1020. The van der Waals surface area contributed by atoms with Crippen molar-refractivity contribution >= 4 is 39.1 Å². The Balaban J connectivity index is 2.13. The Kier molecular flexibility index (Phi) is 4.73. The van der Waals surface area contributed by atoms with Crippen LogP contribution in [-0.4, -0.2) is 42.2 Å². The number of primary sulfonamides is 1. The van der Waals surface area contributed by atoms with Crippen molar-refractivity contribution in [1.82, 2.24) is 0 Å². The molecule has 0 aromatic heterocycles. The van der Waals surface area contributed by atoms with Crippen molar-refractivity contribution in [3.8, 4) is 0 Å². The molecule has 0 bridgehead atoms. The van der Waals surface area contributed by atoms with Crippen molar-refractivity contribution in [2.24, 2.45) is 10.1 Å². The van der Waals surface area contributed by atoms with E-state index >= 15 is 0 Å². The highest BCUT2D eigenvalue weighted by Gasteiger charge is 2.51. The molecule has 10 heteroatoms. The Morgan fingerprint density at radius 1 is 1.19 bits per heavy atom. The van der Waals surface area contributed by atoms with Crippen molar-refractivity contribution < 1.29 is 23.4 Å². The molecule has 27 heavy (non-hydrogen) atoms. The van der Waals surface area contributed by atoms with E-state index < -0.39 is 27.8 Å². The lowest BCUT2D eigenvalue weighted by Gasteiger charge is -2.29. The largest absolute Gasteiger partial charge is 0.478 e. The predicted octanol–water partition coefficient (Wildman–Crippen LogP) is 1.42. The molecule has 0 saturated heterocycles. The second-order valence-corrected chi connectivity index (χ2v) is 8.06. The molecule has 1 aliphatic rings. The van der Waals surface area contributed by atoms with E-state index in [1.165, 1.54) is 31.2 Å². The van der Waals surface area contributed by atoms with Crippen LogP contribution in [0.2, 0.25) is 5.02 Å². The average molecular weight is 410 g/mol. The van der Waals surface area contributed by atoms with Crippen LogP contribution in [0, 0.1) is 0 Å². The van der Waals surface area contributed by atoms with Crippen LogP contribution in [0.3, 0.4) is 0 Å². The molecule has 142 valence electrons. The summed E-state index contributed by atoms with van der Waals surface area (Å²) in [5.41, 5.74) is -1.38. The number of nitrogens with zero attached hydrogens (tertiary/aromatic N) is 2. The van der Waals surface area contributed by atoms with Crippen molar-refractivity contribution in [2.75, 3.05) is 4.90 Å². The van der Waals surface area contributed by atoms with Gasteiger partial charge in [0.2, 0.25) is 10.0 Å². The van der Waals surface area contributed by atoms with E-state index in [-0.39, 0.29) is 10.7 Å². The van der Waals surface area contributed by atoms with E-state index in [0.717, 1.165) is 0 Å². The van der Waals surface area contributed by atoms with Crippen molar-refractivity contribution in [3.63, 3.8) is 0 Å². The minimum atomic E-state index is -3.87. The number of aliphatic carboxylic acids is 1. The van der Waals surface area contributed by atoms with E-state index in [4.69, 9.17) is 16.7 Å². The standard InChI is InChI=1S/C17H16ClN3O5S/c1-10-17(24,16(22)23)20-15(21(10)13-6-4-12(18)5-7-13)11-2-8-14(9-3-11)27(19,25)26/h2-10,24H,1H3,(H,22,23)(H2,19,25,26). The van der Waals surface area contributed by atoms with Gasteiger partial charge in [0.05, 0.1) is 10.9 Å². The minimum Gasteiger partial charge on any atom is -0.478 e. The first-order valence-corrected chi connectivity index (χ1v) is 9.70. The van der Waals surface area contributed by atoms with Crippen LogP contribution in [0.1, 0.15) is 12.5 Å². The van der Waals surface area contributed by atoms with Crippen LogP contribution >= 0.6 is 11.6 Å². The molecule has 4 N–H and O–H groups in total.